The van der Waals surface area contributed by atoms with Crippen molar-refractivity contribution in [1.29, 1.82) is 0 Å². The SMILES string of the molecule is CCCCN(CCCC)C(=O)c1cc(C)n(-c2ccc(-c3cc(C)cc(F)c3)cc2C(=O)N2Cc3ccccc3C[C@H]2C#CO)n1. The fraction of sp³-hybridized carbons (Fsp3) is 0.342. The van der Waals surface area contributed by atoms with E-state index in [-0.39, 0.29) is 17.6 Å². The lowest BCUT2D eigenvalue weighted by Gasteiger charge is -2.34. The molecule has 0 saturated carbocycles. The molecule has 1 aliphatic rings. The number of rotatable bonds is 10. The number of aliphatic hydroxyl groups excluding tert-OH is 1. The third-order valence-corrected chi connectivity index (χ3v) is 8.53. The molecule has 0 bridgehead atoms. The maximum absolute atomic E-state index is 14.6. The van der Waals surface area contributed by atoms with Crippen LogP contribution in [-0.4, -0.2) is 55.6 Å². The second-order valence-corrected chi connectivity index (χ2v) is 12.0. The molecule has 4 aromatic rings. The number of fused-ring (bicyclic) bond motifs is 1. The summed E-state index contributed by atoms with van der Waals surface area (Å²) in [6, 6.07) is 19.3. The van der Waals surface area contributed by atoms with Gasteiger partial charge in [-0.05, 0) is 90.8 Å². The quantitative estimate of drug-likeness (QED) is 0.190. The molecule has 1 atom stereocenters. The van der Waals surface area contributed by atoms with Gasteiger partial charge in [0.15, 0.2) is 5.69 Å². The monoisotopic (exact) mass is 620 g/mol. The summed E-state index contributed by atoms with van der Waals surface area (Å²) in [7, 11) is 0. The molecule has 0 saturated heterocycles. The standard InChI is InChI=1S/C38H41FN4O3/c1-5-7-16-41(17-8-6-2)38(46)35-21-27(4)43(40-35)36-14-13-29(31-19-26(3)20-32(39)22-31)24-34(36)37(45)42-25-30-12-10-9-11-28(30)23-33(42)15-18-44/h9-14,19-22,24,33,44H,5-8,16-17,23,25H2,1-4H3/t33-/m1/s1. The van der Waals surface area contributed by atoms with Crippen LogP contribution in [-0.2, 0) is 13.0 Å². The summed E-state index contributed by atoms with van der Waals surface area (Å²) in [5, 5.41) is 14.3. The summed E-state index contributed by atoms with van der Waals surface area (Å²) in [5.74, 6) is 2.02. The second kappa shape index (κ2) is 14.5. The van der Waals surface area contributed by atoms with E-state index in [0.29, 0.717) is 59.8 Å². The molecule has 7 nitrogen and oxygen atoms in total. The highest BCUT2D eigenvalue weighted by Crippen LogP contribution is 2.31. The van der Waals surface area contributed by atoms with Crippen LogP contribution < -0.4 is 0 Å². The number of benzene rings is 3. The Kier molecular flexibility index (Phi) is 10.2. The summed E-state index contributed by atoms with van der Waals surface area (Å²) >= 11 is 0. The van der Waals surface area contributed by atoms with Crippen LogP contribution >= 0.6 is 0 Å². The van der Waals surface area contributed by atoms with Crippen molar-refractivity contribution in [1.82, 2.24) is 19.6 Å². The van der Waals surface area contributed by atoms with Crippen molar-refractivity contribution in [3.8, 4) is 28.8 Å². The molecule has 238 valence electrons. The van der Waals surface area contributed by atoms with E-state index < -0.39 is 6.04 Å². The zero-order valence-electron chi connectivity index (χ0n) is 27.0. The molecule has 0 fully saturated rings. The predicted molar refractivity (Wildman–Crippen MR) is 178 cm³/mol. The molecule has 5 rings (SSSR count). The lowest BCUT2D eigenvalue weighted by atomic mass is 9.93. The molecule has 2 heterocycles. The zero-order chi connectivity index (χ0) is 32.8. The van der Waals surface area contributed by atoms with E-state index in [4.69, 9.17) is 5.10 Å². The Balaban J connectivity index is 1.61. The molecule has 1 aromatic heterocycles. The van der Waals surface area contributed by atoms with Gasteiger partial charge in [-0.2, -0.15) is 5.10 Å². The zero-order valence-corrected chi connectivity index (χ0v) is 27.0. The Hall–Kier alpha value is -4.90. The number of aromatic nitrogens is 2. The lowest BCUT2D eigenvalue weighted by molar-refractivity contribution is 0.0688. The normalized spacial score (nSPS) is 13.9. The maximum Gasteiger partial charge on any atom is 0.274 e. The van der Waals surface area contributed by atoms with Crippen molar-refractivity contribution in [3.05, 3.63) is 106 Å². The van der Waals surface area contributed by atoms with Crippen LogP contribution in [0.5, 0.6) is 0 Å². The average Bonchev–Trinajstić information content (AvgIpc) is 3.44. The Morgan fingerprint density at radius 1 is 0.957 bits per heavy atom. The number of nitrogens with zero attached hydrogens (tertiary/aromatic N) is 4. The molecule has 1 N–H and O–H groups in total. The molecule has 0 unspecified atom stereocenters. The molecule has 8 heteroatoms. The molecular weight excluding hydrogens is 579 g/mol. The first-order chi connectivity index (χ1) is 22.2. The van der Waals surface area contributed by atoms with E-state index in [9.17, 15) is 19.1 Å². The van der Waals surface area contributed by atoms with Crippen LogP contribution in [0.3, 0.4) is 0 Å². The van der Waals surface area contributed by atoms with Crippen LogP contribution in [0.25, 0.3) is 16.8 Å². The largest absolute Gasteiger partial charge is 0.462 e. The minimum absolute atomic E-state index is 0.130. The highest BCUT2D eigenvalue weighted by atomic mass is 19.1. The van der Waals surface area contributed by atoms with Crippen molar-refractivity contribution in [2.75, 3.05) is 13.1 Å². The van der Waals surface area contributed by atoms with Gasteiger partial charge in [0, 0.05) is 31.7 Å². The van der Waals surface area contributed by atoms with Gasteiger partial charge in [-0.1, -0.05) is 63.1 Å². The third-order valence-electron chi connectivity index (χ3n) is 8.53. The minimum atomic E-state index is -0.554. The summed E-state index contributed by atoms with van der Waals surface area (Å²) in [5.41, 5.74) is 6.02. The lowest BCUT2D eigenvalue weighted by Crippen LogP contribution is -2.44. The first-order valence-electron chi connectivity index (χ1n) is 16.0. The van der Waals surface area contributed by atoms with Gasteiger partial charge in [-0.15, -0.1) is 0 Å². The summed E-state index contributed by atoms with van der Waals surface area (Å²) in [6.07, 6.45) is 6.27. The van der Waals surface area contributed by atoms with Gasteiger partial charge in [0.1, 0.15) is 18.0 Å². The molecule has 1 aliphatic heterocycles. The number of carbonyl (C=O) groups excluding carboxylic acids is 2. The van der Waals surface area contributed by atoms with Gasteiger partial charge in [0.05, 0.1) is 11.3 Å². The minimum Gasteiger partial charge on any atom is -0.462 e. The Bertz CT molecular complexity index is 1770. The number of aryl methyl sites for hydroxylation is 2. The topological polar surface area (TPSA) is 78.7 Å². The maximum atomic E-state index is 14.6. The molecule has 0 spiro atoms. The van der Waals surface area contributed by atoms with Crippen molar-refractivity contribution in [3.63, 3.8) is 0 Å². The first-order valence-corrected chi connectivity index (χ1v) is 16.0. The van der Waals surface area contributed by atoms with Crippen molar-refractivity contribution < 1.29 is 19.1 Å². The summed E-state index contributed by atoms with van der Waals surface area (Å²) in [4.78, 5) is 31.8. The van der Waals surface area contributed by atoms with E-state index in [1.54, 1.807) is 27.8 Å². The van der Waals surface area contributed by atoms with Crippen LogP contribution in [0.1, 0.15) is 82.8 Å². The number of amides is 2. The number of unbranched alkanes of at least 4 members (excludes halogenated alkanes) is 2. The van der Waals surface area contributed by atoms with E-state index in [1.807, 2.05) is 61.3 Å². The summed E-state index contributed by atoms with van der Waals surface area (Å²) < 4.78 is 16.1. The Labute approximate surface area is 270 Å². The van der Waals surface area contributed by atoms with E-state index in [2.05, 4.69) is 19.8 Å². The predicted octanol–water partition coefficient (Wildman–Crippen LogP) is 7.24. The Morgan fingerprint density at radius 3 is 2.35 bits per heavy atom. The van der Waals surface area contributed by atoms with Gasteiger partial charge in [0.25, 0.3) is 11.8 Å². The van der Waals surface area contributed by atoms with Crippen molar-refractivity contribution in [2.45, 2.75) is 72.4 Å². The number of hydrogen-bond donors (Lipinski definition) is 1. The average molecular weight is 621 g/mol. The molecule has 46 heavy (non-hydrogen) atoms. The van der Waals surface area contributed by atoms with Gasteiger partial charge in [0.2, 0.25) is 0 Å². The van der Waals surface area contributed by atoms with Crippen molar-refractivity contribution >= 4 is 11.8 Å². The van der Waals surface area contributed by atoms with Crippen LogP contribution in [0.15, 0.2) is 66.7 Å². The van der Waals surface area contributed by atoms with Crippen molar-refractivity contribution in [2.24, 2.45) is 0 Å². The van der Waals surface area contributed by atoms with Crippen LogP contribution in [0.2, 0.25) is 0 Å². The third kappa shape index (κ3) is 6.99. The van der Waals surface area contributed by atoms with E-state index >= 15 is 0 Å². The van der Waals surface area contributed by atoms with Gasteiger partial charge < -0.3 is 14.9 Å². The van der Waals surface area contributed by atoms with Crippen LogP contribution in [0, 0.1) is 31.7 Å². The molecule has 2 amide bonds. The Morgan fingerprint density at radius 2 is 1.67 bits per heavy atom. The summed E-state index contributed by atoms with van der Waals surface area (Å²) in [6.45, 7) is 9.53. The van der Waals surface area contributed by atoms with Gasteiger partial charge in [-0.25, -0.2) is 9.07 Å². The fourth-order valence-corrected chi connectivity index (χ4v) is 6.07. The molecular formula is C38H41FN4O3. The smallest absolute Gasteiger partial charge is 0.274 e. The first kappa shape index (κ1) is 32.5. The van der Waals surface area contributed by atoms with Crippen LogP contribution in [0.4, 0.5) is 4.39 Å². The van der Waals surface area contributed by atoms with E-state index in [1.165, 1.54) is 12.1 Å². The fourth-order valence-electron chi connectivity index (χ4n) is 6.07. The molecule has 0 aliphatic carbocycles. The highest BCUT2D eigenvalue weighted by Gasteiger charge is 2.32. The number of hydrogen-bond acceptors (Lipinski definition) is 4. The number of carbonyl (C=O) groups is 2. The molecule has 0 radical (unpaired) electrons. The number of halogens is 1. The second-order valence-electron chi connectivity index (χ2n) is 12.0. The highest BCUT2D eigenvalue weighted by molar-refractivity contribution is 6.00. The molecule has 3 aromatic carbocycles. The van der Waals surface area contributed by atoms with Gasteiger partial charge >= 0.3 is 0 Å². The number of aliphatic hydroxyl groups is 1. The van der Waals surface area contributed by atoms with E-state index in [0.717, 1.165) is 42.4 Å². The van der Waals surface area contributed by atoms with Gasteiger partial charge in [-0.3, -0.25) is 9.59 Å².